The van der Waals surface area contributed by atoms with Gasteiger partial charge >= 0.3 is 0 Å². The van der Waals surface area contributed by atoms with Crippen LogP contribution in [-0.4, -0.2) is 4.98 Å². The van der Waals surface area contributed by atoms with Crippen LogP contribution < -0.4 is 5.73 Å². The van der Waals surface area contributed by atoms with Crippen molar-refractivity contribution in [1.82, 2.24) is 4.98 Å². The van der Waals surface area contributed by atoms with Crippen molar-refractivity contribution in [3.63, 3.8) is 0 Å². The lowest BCUT2D eigenvalue weighted by atomic mass is 10.0. The average Bonchev–Trinajstić information content (AvgIpc) is 2.32. The van der Waals surface area contributed by atoms with Crippen molar-refractivity contribution in [1.29, 1.82) is 0 Å². The van der Waals surface area contributed by atoms with Crippen LogP contribution in [0.5, 0.6) is 0 Å². The summed E-state index contributed by atoms with van der Waals surface area (Å²) in [7, 11) is 0. The first-order valence-electron chi connectivity index (χ1n) is 5.69. The third-order valence-electron chi connectivity index (χ3n) is 2.74. The molecule has 1 atom stereocenters. The van der Waals surface area contributed by atoms with E-state index in [1.807, 2.05) is 19.1 Å². The molecule has 18 heavy (non-hydrogen) atoms. The van der Waals surface area contributed by atoms with E-state index in [0.29, 0.717) is 17.7 Å². The third-order valence-corrected chi connectivity index (χ3v) is 2.74. The Morgan fingerprint density at radius 3 is 2.67 bits per heavy atom. The van der Waals surface area contributed by atoms with Gasteiger partial charge in [0.2, 0.25) is 0 Å². The summed E-state index contributed by atoms with van der Waals surface area (Å²) in [5.74, 6) is -1.16. The normalized spacial score (nSPS) is 12.4. The molecule has 0 aliphatic carbocycles. The molecule has 1 aromatic carbocycles. The highest BCUT2D eigenvalue weighted by molar-refractivity contribution is 5.22. The molecule has 2 N–H and O–H groups in total. The van der Waals surface area contributed by atoms with Gasteiger partial charge in [-0.15, -0.1) is 0 Å². The summed E-state index contributed by atoms with van der Waals surface area (Å²) in [6.45, 7) is 1.87. The zero-order valence-corrected chi connectivity index (χ0v) is 10.0. The van der Waals surface area contributed by atoms with Gasteiger partial charge in [-0.05, 0) is 37.1 Å². The van der Waals surface area contributed by atoms with Gasteiger partial charge in [0.05, 0.1) is 11.7 Å². The Morgan fingerprint density at radius 1 is 1.22 bits per heavy atom. The van der Waals surface area contributed by atoms with E-state index in [9.17, 15) is 8.78 Å². The maximum absolute atomic E-state index is 13.5. The molecule has 0 bridgehead atoms. The highest BCUT2D eigenvalue weighted by atomic mass is 19.1. The Balaban J connectivity index is 2.18. The van der Waals surface area contributed by atoms with Crippen LogP contribution in [0.25, 0.3) is 0 Å². The van der Waals surface area contributed by atoms with E-state index in [1.54, 1.807) is 6.07 Å². The molecule has 0 aliphatic heterocycles. The number of halogens is 2. The monoisotopic (exact) mass is 248 g/mol. The zero-order valence-electron chi connectivity index (χ0n) is 10.0. The molecule has 4 heteroatoms. The zero-order chi connectivity index (χ0) is 13.1. The molecule has 2 nitrogen and oxygen atoms in total. The van der Waals surface area contributed by atoms with E-state index >= 15 is 0 Å². The minimum Gasteiger partial charge on any atom is -0.322 e. The van der Waals surface area contributed by atoms with E-state index in [2.05, 4.69) is 4.98 Å². The largest absolute Gasteiger partial charge is 0.322 e. The summed E-state index contributed by atoms with van der Waals surface area (Å²) in [6, 6.07) is 8.65. The van der Waals surface area contributed by atoms with Crippen molar-refractivity contribution in [3.05, 3.63) is 65.0 Å². The van der Waals surface area contributed by atoms with Crippen molar-refractivity contribution >= 4 is 0 Å². The van der Waals surface area contributed by atoms with E-state index < -0.39 is 17.7 Å². The van der Waals surface area contributed by atoms with Crippen molar-refractivity contribution in [2.75, 3.05) is 0 Å². The first-order valence-corrected chi connectivity index (χ1v) is 5.69. The molecule has 1 aromatic heterocycles. The molecular weight excluding hydrogens is 234 g/mol. The molecule has 0 saturated carbocycles. The Bertz CT molecular complexity index is 555. The summed E-state index contributed by atoms with van der Waals surface area (Å²) in [5.41, 5.74) is 7.95. The van der Waals surface area contributed by atoms with E-state index in [1.165, 1.54) is 12.1 Å². The molecule has 0 amide bonds. The number of pyridine rings is 1. The van der Waals surface area contributed by atoms with E-state index in [4.69, 9.17) is 5.73 Å². The molecule has 94 valence electrons. The first kappa shape index (κ1) is 12.6. The summed E-state index contributed by atoms with van der Waals surface area (Å²) >= 11 is 0. The van der Waals surface area contributed by atoms with Gasteiger partial charge in [0.25, 0.3) is 0 Å². The standard InChI is InChI=1S/C14H14F2N2/c1-9-3-2-4-14(18-9)13(17)7-10-5-6-11(15)8-12(10)16/h2-6,8,13H,7,17H2,1H3. The van der Waals surface area contributed by atoms with E-state index in [-0.39, 0.29) is 0 Å². The average molecular weight is 248 g/mol. The van der Waals surface area contributed by atoms with Crippen LogP contribution in [0.15, 0.2) is 36.4 Å². The van der Waals surface area contributed by atoms with Crippen LogP contribution in [0.3, 0.4) is 0 Å². The van der Waals surface area contributed by atoms with E-state index in [0.717, 1.165) is 11.8 Å². The van der Waals surface area contributed by atoms with Crippen LogP contribution >= 0.6 is 0 Å². The van der Waals surface area contributed by atoms with Gasteiger partial charge in [-0.3, -0.25) is 4.98 Å². The highest BCUT2D eigenvalue weighted by Gasteiger charge is 2.12. The quantitative estimate of drug-likeness (QED) is 0.907. The second-order valence-electron chi connectivity index (χ2n) is 4.25. The molecule has 1 unspecified atom stereocenters. The number of aromatic nitrogens is 1. The smallest absolute Gasteiger partial charge is 0.129 e. The maximum Gasteiger partial charge on any atom is 0.129 e. The van der Waals surface area contributed by atoms with Gasteiger partial charge in [-0.1, -0.05) is 12.1 Å². The van der Waals surface area contributed by atoms with Crippen LogP contribution in [-0.2, 0) is 6.42 Å². The predicted octanol–water partition coefficient (Wildman–Crippen LogP) is 2.91. The van der Waals surface area contributed by atoms with Crippen LogP contribution in [0.2, 0.25) is 0 Å². The minimum absolute atomic E-state index is 0.294. The summed E-state index contributed by atoms with van der Waals surface area (Å²) in [5, 5.41) is 0. The molecule has 0 radical (unpaired) electrons. The van der Waals surface area contributed by atoms with Crippen molar-refractivity contribution in [2.45, 2.75) is 19.4 Å². The van der Waals surface area contributed by atoms with Crippen LogP contribution in [0.4, 0.5) is 8.78 Å². The molecule has 2 rings (SSSR count). The summed E-state index contributed by atoms with van der Waals surface area (Å²) in [4.78, 5) is 4.29. The Morgan fingerprint density at radius 2 is 2.00 bits per heavy atom. The van der Waals surface area contributed by atoms with Crippen molar-refractivity contribution in [3.8, 4) is 0 Å². The Hall–Kier alpha value is -1.81. The maximum atomic E-state index is 13.5. The molecule has 0 saturated heterocycles. The summed E-state index contributed by atoms with van der Waals surface area (Å²) in [6.07, 6.45) is 0.294. The topological polar surface area (TPSA) is 38.9 Å². The fraction of sp³-hybridized carbons (Fsp3) is 0.214. The molecular formula is C14H14F2N2. The van der Waals surface area contributed by atoms with Crippen molar-refractivity contribution < 1.29 is 8.78 Å². The van der Waals surface area contributed by atoms with Crippen molar-refractivity contribution in [2.24, 2.45) is 5.73 Å². The van der Waals surface area contributed by atoms with Gasteiger partial charge in [0.15, 0.2) is 0 Å². The SMILES string of the molecule is Cc1cccc(C(N)Cc2ccc(F)cc2F)n1. The summed E-state index contributed by atoms with van der Waals surface area (Å²) < 4.78 is 26.3. The van der Waals surface area contributed by atoms with Gasteiger partial charge in [-0.25, -0.2) is 8.78 Å². The third kappa shape index (κ3) is 2.90. The fourth-order valence-corrected chi connectivity index (χ4v) is 1.80. The highest BCUT2D eigenvalue weighted by Crippen LogP contribution is 2.17. The number of aryl methyl sites for hydroxylation is 1. The minimum atomic E-state index is -0.585. The molecule has 1 heterocycles. The Labute approximate surface area is 104 Å². The first-order chi connectivity index (χ1) is 8.56. The Kier molecular flexibility index (Phi) is 3.67. The second kappa shape index (κ2) is 5.23. The lowest BCUT2D eigenvalue weighted by molar-refractivity contribution is 0.561. The second-order valence-corrected chi connectivity index (χ2v) is 4.25. The fourth-order valence-electron chi connectivity index (χ4n) is 1.80. The number of rotatable bonds is 3. The number of hydrogen-bond acceptors (Lipinski definition) is 2. The van der Waals surface area contributed by atoms with Gasteiger partial charge < -0.3 is 5.73 Å². The number of benzene rings is 1. The van der Waals surface area contributed by atoms with Gasteiger partial charge in [0, 0.05) is 11.8 Å². The number of nitrogens with two attached hydrogens (primary N) is 1. The number of hydrogen-bond donors (Lipinski definition) is 1. The molecule has 0 spiro atoms. The molecule has 0 fully saturated rings. The lowest BCUT2D eigenvalue weighted by Crippen LogP contribution is -2.16. The van der Waals surface area contributed by atoms with Crippen LogP contribution in [0, 0.1) is 18.6 Å². The predicted molar refractivity (Wildman–Crippen MR) is 66.0 cm³/mol. The number of nitrogens with zero attached hydrogens (tertiary/aromatic N) is 1. The van der Waals surface area contributed by atoms with Crippen LogP contribution in [0.1, 0.15) is 23.0 Å². The van der Waals surface area contributed by atoms with Gasteiger partial charge in [0.1, 0.15) is 11.6 Å². The molecule has 2 aromatic rings. The lowest BCUT2D eigenvalue weighted by Gasteiger charge is -2.12. The van der Waals surface area contributed by atoms with Gasteiger partial charge in [-0.2, -0.15) is 0 Å². The molecule has 0 aliphatic rings.